The van der Waals surface area contributed by atoms with Crippen molar-refractivity contribution in [3.63, 3.8) is 0 Å². The van der Waals surface area contributed by atoms with Gasteiger partial charge >= 0.3 is 0 Å². The summed E-state index contributed by atoms with van der Waals surface area (Å²) in [5, 5.41) is 4.98. The Kier molecular flexibility index (Phi) is 6.55. The number of pyridine rings is 1. The molecule has 0 spiro atoms. The summed E-state index contributed by atoms with van der Waals surface area (Å²) in [5.74, 6) is -0.0465. The number of piperazine rings is 1. The number of amides is 1. The summed E-state index contributed by atoms with van der Waals surface area (Å²) in [7, 11) is -3.67. The third-order valence-electron chi connectivity index (χ3n) is 6.52. The average molecular weight is 492 g/mol. The molecule has 35 heavy (non-hydrogen) atoms. The standard InChI is InChI=1S/C26H29N5O3S/c1-19-15-20-5-4-8-24(26(20)29-16-19)35(33,34)31-13-11-30(12-14-31)18-25(32)27-10-9-21-17-28-23-7-3-2-6-22(21)23/h2-8,15-17,28H,9-14,18H2,1H3,(H,27,32). The maximum atomic E-state index is 13.3. The number of benzene rings is 2. The van der Waals surface area contributed by atoms with E-state index in [4.69, 9.17) is 0 Å². The normalized spacial score (nSPS) is 15.6. The summed E-state index contributed by atoms with van der Waals surface area (Å²) in [4.78, 5) is 22.4. The van der Waals surface area contributed by atoms with Gasteiger partial charge in [-0.3, -0.25) is 14.7 Å². The highest BCUT2D eigenvalue weighted by molar-refractivity contribution is 7.89. The molecule has 1 aliphatic rings. The second-order valence-electron chi connectivity index (χ2n) is 8.98. The van der Waals surface area contributed by atoms with Crippen LogP contribution in [-0.2, 0) is 21.2 Å². The predicted octanol–water partition coefficient (Wildman–Crippen LogP) is 2.69. The van der Waals surface area contributed by atoms with Gasteiger partial charge in [0.2, 0.25) is 15.9 Å². The molecule has 3 heterocycles. The van der Waals surface area contributed by atoms with Crippen molar-refractivity contribution in [2.24, 2.45) is 0 Å². The Morgan fingerprint density at radius 2 is 1.89 bits per heavy atom. The highest BCUT2D eigenvalue weighted by Gasteiger charge is 2.30. The minimum atomic E-state index is -3.67. The Morgan fingerprint density at radius 3 is 2.71 bits per heavy atom. The van der Waals surface area contributed by atoms with Crippen LogP contribution in [0.15, 0.2) is 65.8 Å². The molecule has 2 N–H and O–H groups in total. The minimum absolute atomic E-state index is 0.0465. The number of carbonyl (C=O) groups is 1. The lowest BCUT2D eigenvalue weighted by Gasteiger charge is -2.33. The summed E-state index contributed by atoms with van der Waals surface area (Å²) in [6, 6.07) is 15.3. The molecule has 8 nitrogen and oxygen atoms in total. The maximum absolute atomic E-state index is 13.3. The summed E-state index contributed by atoms with van der Waals surface area (Å²) in [6.07, 6.45) is 4.43. The Labute approximate surface area is 205 Å². The van der Waals surface area contributed by atoms with Crippen LogP contribution < -0.4 is 5.32 Å². The molecule has 1 aliphatic heterocycles. The number of para-hydroxylation sites is 2. The van der Waals surface area contributed by atoms with Gasteiger partial charge in [-0.05, 0) is 42.7 Å². The van der Waals surface area contributed by atoms with E-state index in [1.54, 1.807) is 18.3 Å². The molecule has 1 fully saturated rings. The lowest BCUT2D eigenvalue weighted by molar-refractivity contribution is -0.122. The first-order valence-corrected chi connectivity index (χ1v) is 13.3. The zero-order chi connectivity index (χ0) is 24.4. The smallest absolute Gasteiger partial charge is 0.245 e. The molecular weight excluding hydrogens is 462 g/mol. The van der Waals surface area contributed by atoms with E-state index in [1.165, 1.54) is 15.3 Å². The number of sulfonamides is 1. The van der Waals surface area contributed by atoms with E-state index in [2.05, 4.69) is 21.4 Å². The Balaban J connectivity index is 1.14. The van der Waals surface area contributed by atoms with Crippen molar-refractivity contribution < 1.29 is 13.2 Å². The van der Waals surface area contributed by atoms with Crippen LogP contribution in [0.25, 0.3) is 21.8 Å². The van der Waals surface area contributed by atoms with Crippen molar-refractivity contribution >= 4 is 37.7 Å². The Morgan fingerprint density at radius 1 is 1.09 bits per heavy atom. The lowest BCUT2D eigenvalue weighted by Crippen LogP contribution is -2.51. The molecule has 4 aromatic rings. The molecular formula is C26H29N5O3S. The van der Waals surface area contributed by atoms with E-state index in [1.807, 2.05) is 48.4 Å². The first kappa shape index (κ1) is 23.5. The summed E-state index contributed by atoms with van der Waals surface area (Å²) < 4.78 is 28.2. The van der Waals surface area contributed by atoms with Crippen LogP contribution in [0.3, 0.4) is 0 Å². The fourth-order valence-electron chi connectivity index (χ4n) is 4.65. The quantitative estimate of drug-likeness (QED) is 0.414. The zero-order valence-electron chi connectivity index (χ0n) is 19.7. The van der Waals surface area contributed by atoms with Gasteiger partial charge in [0.15, 0.2) is 0 Å². The van der Waals surface area contributed by atoms with Gasteiger partial charge in [-0.15, -0.1) is 0 Å². The number of aromatic amines is 1. The number of nitrogens with zero attached hydrogens (tertiary/aromatic N) is 3. The van der Waals surface area contributed by atoms with Crippen molar-refractivity contribution in [2.45, 2.75) is 18.2 Å². The third kappa shape index (κ3) is 4.93. The number of H-pyrrole nitrogens is 1. The number of carbonyl (C=O) groups excluding carboxylic acids is 1. The lowest BCUT2D eigenvalue weighted by atomic mass is 10.1. The van der Waals surface area contributed by atoms with Crippen molar-refractivity contribution in [1.29, 1.82) is 0 Å². The zero-order valence-corrected chi connectivity index (χ0v) is 20.5. The number of nitrogens with one attached hydrogen (secondary N) is 2. The topological polar surface area (TPSA) is 98.4 Å². The minimum Gasteiger partial charge on any atom is -0.361 e. The van der Waals surface area contributed by atoms with Crippen LogP contribution in [0.5, 0.6) is 0 Å². The van der Waals surface area contributed by atoms with Crippen molar-refractivity contribution in [3.05, 3.63) is 72.1 Å². The van der Waals surface area contributed by atoms with E-state index < -0.39 is 10.0 Å². The van der Waals surface area contributed by atoms with E-state index in [0.717, 1.165) is 22.9 Å². The molecule has 0 saturated carbocycles. The van der Waals surface area contributed by atoms with Crippen LogP contribution >= 0.6 is 0 Å². The largest absolute Gasteiger partial charge is 0.361 e. The van der Waals surface area contributed by atoms with Crippen LogP contribution in [0.4, 0.5) is 0 Å². The summed E-state index contributed by atoms with van der Waals surface area (Å²) in [5.41, 5.74) is 3.75. The fraction of sp³-hybridized carbons (Fsp3) is 0.308. The van der Waals surface area contributed by atoms with Crippen LogP contribution in [0.1, 0.15) is 11.1 Å². The number of aryl methyl sites for hydroxylation is 1. The number of fused-ring (bicyclic) bond motifs is 2. The van der Waals surface area contributed by atoms with Crippen LogP contribution in [0.2, 0.25) is 0 Å². The van der Waals surface area contributed by atoms with Crippen molar-refractivity contribution in [1.82, 2.24) is 24.5 Å². The molecule has 5 rings (SSSR count). The monoisotopic (exact) mass is 491 g/mol. The molecule has 0 aliphatic carbocycles. The molecule has 0 unspecified atom stereocenters. The van der Waals surface area contributed by atoms with Gasteiger partial charge < -0.3 is 10.3 Å². The van der Waals surface area contributed by atoms with Gasteiger partial charge in [-0.1, -0.05) is 30.3 Å². The second-order valence-corrected chi connectivity index (χ2v) is 10.9. The SMILES string of the molecule is Cc1cnc2c(S(=O)(=O)N3CCN(CC(=O)NCCc4c[nH]c5ccccc45)CC3)cccc2c1. The number of rotatable bonds is 7. The molecule has 2 aromatic carbocycles. The van der Waals surface area contributed by atoms with Crippen molar-refractivity contribution in [3.8, 4) is 0 Å². The molecule has 1 amide bonds. The van der Waals surface area contributed by atoms with Gasteiger partial charge in [0.25, 0.3) is 0 Å². The van der Waals surface area contributed by atoms with Gasteiger partial charge in [-0.25, -0.2) is 8.42 Å². The molecule has 1 saturated heterocycles. The molecule has 2 aromatic heterocycles. The second kappa shape index (κ2) is 9.77. The van der Waals surface area contributed by atoms with E-state index in [0.29, 0.717) is 38.2 Å². The Hall–Kier alpha value is -3.27. The number of hydrogen-bond acceptors (Lipinski definition) is 5. The first-order valence-electron chi connectivity index (χ1n) is 11.8. The number of hydrogen-bond donors (Lipinski definition) is 2. The van der Waals surface area contributed by atoms with Crippen LogP contribution in [-0.4, -0.2) is 72.8 Å². The van der Waals surface area contributed by atoms with Crippen molar-refractivity contribution in [2.75, 3.05) is 39.3 Å². The maximum Gasteiger partial charge on any atom is 0.245 e. The summed E-state index contributed by atoms with van der Waals surface area (Å²) >= 11 is 0. The third-order valence-corrected chi connectivity index (χ3v) is 8.45. The molecule has 0 atom stereocenters. The van der Waals surface area contributed by atoms with Crippen LogP contribution in [0, 0.1) is 6.92 Å². The molecule has 0 radical (unpaired) electrons. The fourth-order valence-corrected chi connectivity index (χ4v) is 6.24. The highest BCUT2D eigenvalue weighted by Crippen LogP contribution is 2.25. The molecule has 9 heteroatoms. The van der Waals surface area contributed by atoms with Gasteiger partial charge in [0.1, 0.15) is 4.90 Å². The average Bonchev–Trinajstić information content (AvgIpc) is 3.27. The van der Waals surface area contributed by atoms with E-state index in [9.17, 15) is 13.2 Å². The van der Waals surface area contributed by atoms with Gasteiger partial charge in [0.05, 0.1) is 12.1 Å². The van der Waals surface area contributed by atoms with Gasteiger partial charge in [-0.2, -0.15) is 4.31 Å². The number of aromatic nitrogens is 2. The summed E-state index contributed by atoms with van der Waals surface area (Å²) in [6.45, 7) is 4.45. The highest BCUT2D eigenvalue weighted by atomic mass is 32.2. The predicted molar refractivity (Wildman–Crippen MR) is 137 cm³/mol. The Bertz CT molecular complexity index is 1470. The molecule has 182 valence electrons. The van der Waals surface area contributed by atoms with Gasteiger partial charge in [0, 0.05) is 61.4 Å². The molecule has 0 bridgehead atoms. The van der Waals surface area contributed by atoms with E-state index >= 15 is 0 Å². The van der Waals surface area contributed by atoms with E-state index in [-0.39, 0.29) is 17.3 Å². The first-order chi connectivity index (χ1) is 16.9.